The highest BCUT2D eigenvalue weighted by Gasteiger charge is 2.29. The molecule has 0 amide bonds. The van der Waals surface area contributed by atoms with Crippen LogP contribution in [0, 0.1) is 0 Å². The van der Waals surface area contributed by atoms with Crippen LogP contribution in [0.3, 0.4) is 0 Å². The van der Waals surface area contributed by atoms with Gasteiger partial charge in [-0.25, -0.2) is 3.11 Å². The molecule has 0 aromatic heterocycles. The summed E-state index contributed by atoms with van der Waals surface area (Å²) in [4.78, 5) is 2.59. The van der Waals surface area contributed by atoms with Crippen LogP contribution in [0.5, 0.6) is 0 Å². The first-order chi connectivity index (χ1) is 9.00. The molecule has 1 heterocycles. The van der Waals surface area contributed by atoms with E-state index in [1.807, 2.05) is 0 Å². The largest absolute Gasteiger partial charge is 0.298 e. The van der Waals surface area contributed by atoms with Crippen LogP contribution in [0.25, 0.3) is 0 Å². The number of piperazine rings is 1. The van der Waals surface area contributed by atoms with Gasteiger partial charge in [-0.05, 0) is 30.9 Å². The molecule has 1 saturated heterocycles. The van der Waals surface area contributed by atoms with Gasteiger partial charge in [0.2, 0.25) is 0 Å². The predicted octanol–water partition coefficient (Wildman–Crippen LogP) is 4.23. The third-order valence-corrected chi connectivity index (χ3v) is 5.21. The Morgan fingerprint density at radius 3 is 2.42 bits per heavy atom. The first kappa shape index (κ1) is 15.3. The first-order valence-corrected chi connectivity index (χ1v) is 8.22. The first-order valence-electron chi connectivity index (χ1n) is 7.26. The fourth-order valence-electron chi connectivity index (χ4n) is 2.84. The lowest BCUT2D eigenvalue weighted by molar-refractivity contribution is 0.124. The highest BCUT2D eigenvalue weighted by Crippen LogP contribution is 2.33. The third-order valence-electron chi connectivity index (χ3n) is 4.05. The quantitative estimate of drug-likeness (QED) is 0.579. The molecule has 1 aromatic carbocycles. The number of nitrogens with zero attached hydrogens (tertiary/aromatic N) is 2. The van der Waals surface area contributed by atoms with Crippen molar-refractivity contribution in [2.45, 2.75) is 45.7 Å². The molecule has 1 unspecified atom stereocenters. The van der Waals surface area contributed by atoms with Crippen molar-refractivity contribution in [1.82, 2.24) is 8.01 Å². The molecule has 1 aliphatic rings. The third kappa shape index (κ3) is 3.50. The van der Waals surface area contributed by atoms with Gasteiger partial charge in [-0.2, -0.15) is 0 Å². The van der Waals surface area contributed by atoms with Crippen molar-refractivity contribution in [1.29, 1.82) is 0 Å². The second kappa shape index (κ2) is 6.55. The van der Waals surface area contributed by atoms with Crippen LogP contribution in [0.2, 0.25) is 0 Å². The van der Waals surface area contributed by atoms with E-state index >= 15 is 0 Å². The van der Waals surface area contributed by atoms with Gasteiger partial charge >= 0.3 is 0 Å². The van der Waals surface area contributed by atoms with Crippen LogP contribution in [0.15, 0.2) is 24.3 Å². The average Bonchev–Trinajstić information content (AvgIpc) is 2.39. The SMILES string of the molecule is CC(C)c1ccccc1C1CN(C(C)C)CCN1I. The zero-order valence-electron chi connectivity index (χ0n) is 12.4. The van der Waals surface area contributed by atoms with E-state index in [0.29, 0.717) is 18.0 Å². The van der Waals surface area contributed by atoms with Gasteiger partial charge in [0, 0.05) is 48.5 Å². The lowest BCUT2D eigenvalue weighted by atomic mass is 9.91. The van der Waals surface area contributed by atoms with Crippen molar-refractivity contribution in [3.05, 3.63) is 35.4 Å². The van der Waals surface area contributed by atoms with Gasteiger partial charge in [-0.15, -0.1) is 0 Å². The summed E-state index contributed by atoms with van der Waals surface area (Å²) in [5, 5.41) is 0. The van der Waals surface area contributed by atoms with Crippen molar-refractivity contribution < 1.29 is 0 Å². The topological polar surface area (TPSA) is 6.48 Å². The van der Waals surface area contributed by atoms with Crippen molar-refractivity contribution in [3.8, 4) is 0 Å². The fraction of sp³-hybridized carbons (Fsp3) is 0.625. The molecule has 3 heteroatoms. The minimum Gasteiger partial charge on any atom is -0.298 e. The number of halogens is 1. The molecule has 106 valence electrons. The normalized spacial score (nSPS) is 22.4. The van der Waals surface area contributed by atoms with Crippen LogP contribution < -0.4 is 0 Å². The number of rotatable bonds is 3. The summed E-state index contributed by atoms with van der Waals surface area (Å²) in [6.07, 6.45) is 0. The fourth-order valence-corrected chi connectivity index (χ4v) is 3.53. The van der Waals surface area contributed by atoms with Crippen LogP contribution in [0.1, 0.15) is 50.8 Å². The van der Waals surface area contributed by atoms with E-state index in [0.717, 1.165) is 13.1 Å². The lowest BCUT2D eigenvalue weighted by Crippen LogP contribution is -2.47. The smallest absolute Gasteiger partial charge is 0.0574 e. The van der Waals surface area contributed by atoms with Crippen molar-refractivity contribution >= 4 is 22.9 Å². The number of hydrogen-bond donors (Lipinski definition) is 0. The summed E-state index contributed by atoms with van der Waals surface area (Å²) >= 11 is 2.50. The van der Waals surface area contributed by atoms with E-state index in [1.54, 1.807) is 0 Å². The maximum atomic E-state index is 2.59. The zero-order valence-corrected chi connectivity index (χ0v) is 14.6. The molecule has 0 saturated carbocycles. The van der Waals surface area contributed by atoms with Gasteiger partial charge < -0.3 is 0 Å². The van der Waals surface area contributed by atoms with E-state index in [1.165, 1.54) is 17.7 Å². The van der Waals surface area contributed by atoms with Crippen LogP contribution in [-0.4, -0.2) is 33.7 Å². The Bertz CT molecular complexity index is 417. The molecular formula is C16H25IN2. The van der Waals surface area contributed by atoms with Gasteiger partial charge in [0.25, 0.3) is 0 Å². The van der Waals surface area contributed by atoms with Gasteiger partial charge in [-0.1, -0.05) is 38.1 Å². The molecule has 2 nitrogen and oxygen atoms in total. The Balaban J connectivity index is 2.28. The molecule has 0 spiro atoms. The Morgan fingerprint density at radius 2 is 1.79 bits per heavy atom. The van der Waals surface area contributed by atoms with Gasteiger partial charge in [0.15, 0.2) is 0 Å². The van der Waals surface area contributed by atoms with Crippen molar-refractivity contribution in [3.63, 3.8) is 0 Å². The molecule has 1 atom stereocenters. The van der Waals surface area contributed by atoms with Crippen LogP contribution >= 0.6 is 22.9 Å². The summed E-state index contributed by atoms with van der Waals surface area (Å²) in [5.41, 5.74) is 3.01. The lowest BCUT2D eigenvalue weighted by Gasteiger charge is -2.41. The molecule has 2 rings (SSSR count). The Kier molecular flexibility index (Phi) is 5.26. The second-order valence-corrected chi connectivity index (χ2v) is 7.25. The summed E-state index contributed by atoms with van der Waals surface area (Å²) in [6.45, 7) is 12.7. The standard InChI is InChI=1S/C16H25IN2/c1-12(2)14-7-5-6-8-15(14)16-11-18(13(3)4)9-10-19(16)17/h5-8,12-13,16H,9-11H2,1-4H3. The zero-order chi connectivity index (χ0) is 14.0. The molecule has 1 fully saturated rings. The van der Waals surface area contributed by atoms with Crippen molar-refractivity contribution in [2.75, 3.05) is 19.6 Å². The molecule has 0 bridgehead atoms. The van der Waals surface area contributed by atoms with Gasteiger partial charge in [-0.3, -0.25) is 4.90 Å². The molecule has 1 aliphatic heterocycles. The van der Waals surface area contributed by atoms with E-state index in [-0.39, 0.29) is 0 Å². The Morgan fingerprint density at radius 1 is 1.11 bits per heavy atom. The average molecular weight is 372 g/mol. The van der Waals surface area contributed by atoms with Gasteiger partial charge in [0.1, 0.15) is 0 Å². The van der Waals surface area contributed by atoms with E-state index in [9.17, 15) is 0 Å². The molecule has 1 aromatic rings. The predicted molar refractivity (Wildman–Crippen MR) is 90.7 cm³/mol. The number of benzene rings is 1. The second-order valence-electron chi connectivity index (χ2n) is 6.01. The Labute approximate surface area is 131 Å². The summed E-state index contributed by atoms with van der Waals surface area (Å²) < 4.78 is 2.48. The molecule has 0 radical (unpaired) electrons. The summed E-state index contributed by atoms with van der Waals surface area (Å²) in [6, 6.07) is 10.1. The van der Waals surface area contributed by atoms with E-state index in [2.05, 4.69) is 82.8 Å². The van der Waals surface area contributed by atoms with Crippen molar-refractivity contribution in [2.24, 2.45) is 0 Å². The van der Waals surface area contributed by atoms with Crippen LogP contribution in [-0.2, 0) is 0 Å². The minimum absolute atomic E-state index is 0.523. The summed E-state index contributed by atoms with van der Waals surface area (Å²) in [7, 11) is 0. The van der Waals surface area contributed by atoms with E-state index in [4.69, 9.17) is 0 Å². The molecular weight excluding hydrogens is 347 g/mol. The molecule has 0 N–H and O–H groups in total. The Hall–Kier alpha value is -0.130. The van der Waals surface area contributed by atoms with Gasteiger partial charge in [0.05, 0.1) is 6.04 Å². The monoisotopic (exact) mass is 372 g/mol. The summed E-state index contributed by atoms with van der Waals surface area (Å²) in [5.74, 6) is 0.593. The maximum absolute atomic E-state index is 2.59. The maximum Gasteiger partial charge on any atom is 0.0574 e. The van der Waals surface area contributed by atoms with Crippen LogP contribution in [0.4, 0.5) is 0 Å². The molecule has 19 heavy (non-hydrogen) atoms. The van der Waals surface area contributed by atoms with E-state index < -0.39 is 0 Å². The number of hydrogen-bond acceptors (Lipinski definition) is 2. The highest BCUT2D eigenvalue weighted by atomic mass is 127. The highest BCUT2D eigenvalue weighted by molar-refractivity contribution is 14.1. The minimum atomic E-state index is 0.523. The molecule has 0 aliphatic carbocycles.